The fourth-order valence-corrected chi connectivity index (χ4v) is 2.31. The van der Waals surface area contributed by atoms with Crippen LogP contribution in [0.3, 0.4) is 0 Å². The molecular weight excluding hydrogens is 222 g/mol. The summed E-state index contributed by atoms with van der Waals surface area (Å²) in [6.45, 7) is 2.14. The lowest BCUT2D eigenvalue weighted by molar-refractivity contribution is 0.301. The summed E-state index contributed by atoms with van der Waals surface area (Å²) in [6, 6.07) is 10.5. The Morgan fingerprint density at radius 3 is 2.67 bits per heavy atom. The van der Waals surface area contributed by atoms with E-state index >= 15 is 0 Å². The summed E-state index contributed by atoms with van der Waals surface area (Å²) in [6.07, 6.45) is 8.00. The van der Waals surface area contributed by atoms with Crippen molar-refractivity contribution < 1.29 is 0 Å². The van der Waals surface area contributed by atoms with E-state index in [4.69, 9.17) is 0 Å². The van der Waals surface area contributed by atoms with Gasteiger partial charge in [-0.2, -0.15) is 5.10 Å². The molecule has 0 aliphatic heterocycles. The lowest BCUT2D eigenvalue weighted by Gasteiger charge is -2.25. The van der Waals surface area contributed by atoms with Crippen molar-refractivity contribution in [2.45, 2.75) is 25.8 Å². The van der Waals surface area contributed by atoms with Crippen LogP contribution in [-0.2, 0) is 6.54 Å². The van der Waals surface area contributed by atoms with Crippen molar-refractivity contribution in [1.82, 2.24) is 15.1 Å². The smallest absolute Gasteiger partial charge is 0.0645 e. The number of nitrogens with zero attached hydrogens (tertiary/aromatic N) is 2. The molecule has 0 saturated heterocycles. The van der Waals surface area contributed by atoms with Gasteiger partial charge in [0.2, 0.25) is 0 Å². The molecule has 0 bridgehead atoms. The Morgan fingerprint density at radius 1 is 1.22 bits per heavy atom. The zero-order valence-corrected chi connectivity index (χ0v) is 10.5. The minimum Gasteiger partial charge on any atom is -0.312 e. The second-order valence-corrected chi connectivity index (χ2v) is 5.04. The second-order valence-electron chi connectivity index (χ2n) is 5.04. The highest BCUT2D eigenvalue weighted by atomic mass is 15.3. The van der Waals surface area contributed by atoms with Crippen molar-refractivity contribution >= 4 is 0 Å². The molecule has 1 aromatic carbocycles. The second kappa shape index (κ2) is 5.36. The maximum atomic E-state index is 4.22. The normalized spacial score (nSPS) is 15.6. The van der Waals surface area contributed by atoms with Gasteiger partial charge in [0, 0.05) is 18.9 Å². The van der Waals surface area contributed by atoms with Crippen LogP contribution < -0.4 is 5.32 Å². The van der Waals surface area contributed by atoms with Gasteiger partial charge in [-0.25, -0.2) is 4.68 Å². The van der Waals surface area contributed by atoms with Gasteiger partial charge in [-0.3, -0.25) is 0 Å². The number of benzene rings is 1. The molecule has 1 heterocycles. The topological polar surface area (TPSA) is 29.9 Å². The van der Waals surface area contributed by atoms with Gasteiger partial charge >= 0.3 is 0 Å². The molecule has 0 amide bonds. The molecule has 0 spiro atoms. The van der Waals surface area contributed by atoms with Gasteiger partial charge in [-0.1, -0.05) is 18.6 Å². The zero-order chi connectivity index (χ0) is 12.2. The zero-order valence-electron chi connectivity index (χ0n) is 10.5. The maximum Gasteiger partial charge on any atom is 0.0645 e. The molecule has 1 aliphatic carbocycles. The number of aromatic nitrogens is 2. The molecule has 1 aliphatic rings. The molecular formula is C15H19N3. The number of hydrogen-bond acceptors (Lipinski definition) is 2. The number of nitrogens with one attached hydrogen (secondary N) is 1. The van der Waals surface area contributed by atoms with Crippen LogP contribution >= 0.6 is 0 Å². The van der Waals surface area contributed by atoms with E-state index in [9.17, 15) is 0 Å². The quantitative estimate of drug-likeness (QED) is 0.872. The highest BCUT2D eigenvalue weighted by molar-refractivity contribution is 5.33. The lowest BCUT2D eigenvalue weighted by Crippen LogP contribution is -2.26. The Bertz CT molecular complexity index is 469. The molecule has 3 nitrogen and oxygen atoms in total. The average Bonchev–Trinajstić information content (AvgIpc) is 2.87. The predicted octanol–water partition coefficient (Wildman–Crippen LogP) is 2.76. The molecule has 0 atom stereocenters. The summed E-state index contributed by atoms with van der Waals surface area (Å²) in [5.74, 6) is 0.924. The van der Waals surface area contributed by atoms with Crippen molar-refractivity contribution in [1.29, 1.82) is 0 Å². The molecule has 1 saturated carbocycles. The van der Waals surface area contributed by atoms with Gasteiger partial charge in [0.15, 0.2) is 0 Å². The van der Waals surface area contributed by atoms with Crippen LogP contribution in [0, 0.1) is 5.92 Å². The van der Waals surface area contributed by atoms with Gasteiger partial charge in [0.1, 0.15) is 0 Å². The summed E-state index contributed by atoms with van der Waals surface area (Å²) < 4.78 is 1.88. The van der Waals surface area contributed by atoms with Crippen LogP contribution in [0.15, 0.2) is 42.7 Å². The van der Waals surface area contributed by atoms with Gasteiger partial charge in [0.05, 0.1) is 5.69 Å². The largest absolute Gasteiger partial charge is 0.312 e. The van der Waals surface area contributed by atoms with Crippen LogP contribution in [-0.4, -0.2) is 16.3 Å². The SMILES string of the molecule is c1cnn(-c2ccc(CNCC3CCC3)cc2)c1. The van der Waals surface area contributed by atoms with Crippen molar-refractivity contribution in [2.24, 2.45) is 5.92 Å². The van der Waals surface area contributed by atoms with Crippen molar-refractivity contribution in [2.75, 3.05) is 6.54 Å². The summed E-state index contributed by atoms with van der Waals surface area (Å²) in [4.78, 5) is 0. The molecule has 0 radical (unpaired) electrons. The third kappa shape index (κ3) is 2.62. The summed E-state index contributed by atoms with van der Waals surface area (Å²) >= 11 is 0. The van der Waals surface area contributed by atoms with Gasteiger partial charge in [0.25, 0.3) is 0 Å². The Balaban J connectivity index is 1.54. The highest BCUT2D eigenvalue weighted by Crippen LogP contribution is 2.25. The molecule has 2 aromatic rings. The molecule has 18 heavy (non-hydrogen) atoms. The third-order valence-electron chi connectivity index (χ3n) is 3.69. The first kappa shape index (κ1) is 11.5. The first-order valence-corrected chi connectivity index (χ1v) is 6.71. The standard InChI is InChI=1S/C15H19N3/c1-3-13(4-1)11-16-12-14-5-7-15(8-6-14)18-10-2-9-17-18/h2,5-10,13,16H,1,3-4,11-12H2. The van der Waals surface area contributed by atoms with E-state index < -0.39 is 0 Å². The molecule has 1 aromatic heterocycles. The summed E-state index contributed by atoms with van der Waals surface area (Å²) in [5.41, 5.74) is 2.45. The lowest BCUT2D eigenvalue weighted by atomic mass is 9.85. The first-order chi connectivity index (χ1) is 8.92. The van der Waals surface area contributed by atoms with E-state index in [1.807, 2.05) is 16.9 Å². The van der Waals surface area contributed by atoms with Crippen LogP contribution in [0.25, 0.3) is 5.69 Å². The van der Waals surface area contributed by atoms with E-state index in [1.165, 1.54) is 31.4 Å². The van der Waals surface area contributed by atoms with E-state index in [0.717, 1.165) is 18.2 Å². The number of hydrogen-bond donors (Lipinski definition) is 1. The monoisotopic (exact) mass is 241 g/mol. The fraction of sp³-hybridized carbons (Fsp3) is 0.400. The minimum atomic E-state index is 0.924. The molecule has 0 unspecified atom stereocenters. The predicted molar refractivity (Wildman–Crippen MR) is 72.6 cm³/mol. The average molecular weight is 241 g/mol. The van der Waals surface area contributed by atoms with Crippen molar-refractivity contribution in [3.63, 3.8) is 0 Å². The Labute approximate surface area is 108 Å². The minimum absolute atomic E-state index is 0.924. The highest BCUT2D eigenvalue weighted by Gasteiger charge is 2.16. The van der Waals surface area contributed by atoms with E-state index in [0.29, 0.717) is 0 Å². The number of rotatable bonds is 5. The molecule has 1 N–H and O–H groups in total. The Kier molecular flexibility index (Phi) is 3.42. The fourth-order valence-electron chi connectivity index (χ4n) is 2.31. The maximum absolute atomic E-state index is 4.22. The van der Waals surface area contributed by atoms with Crippen LogP contribution in [0.5, 0.6) is 0 Å². The van der Waals surface area contributed by atoms with Crippen molar-refractivity contribution in [3.05, 3.63) is 48.3 Å². The van der Waals surface area contributed by atoms with Crippen LogP contribution in [0.4, 0.5) is 0 Å². The first-order valence-electron chi connectivity index (χ1n) is 6.71. The van der Waals surface area contributed by atoms with Crippen molar-refractivity contribution in [3.8, 4) is 5.69 Å². The Morgan fingerprint density at radius 2 is 2.06 bits per heavy atom. The molecule has 3 heteroatoms. The van der Waals surface area contributed by atoms with E-state index in [2.05, 4.69) is 34.7 Å². The molecule has 3 rings (SSSR count). The Hall–Kier alpha value is -1.61. The van der Waals surface area contributed by atoms with E-state index in [-0.39, 0.29) is 0 Å². The third-order valence-corrected chi connectivity index (χ3v) is 3.69. The summed E-state index contributed by atoms with van der Waals surface area (Å²) in [5, 5.41) is 7.76. The van der Waals surface area contributed by atoms with Gasteiger partial charge in [-0.05, 0) is 49.1 Å². The summed E-state index contributed by atoms with van der Waals surface area (Å²) in [7, 11) is 0. The molecule has 1 fully saturated rings. The van der Waals surface area contributed by atoms with Gasteiger partial charge < -0.3 is 5.32 Å². The van der Waals surface area contributed by atoms with E-state index in [1.54, 1.807) is 6.20 Å². The molecule has 94 valence electrons. The van der Waals surface area contributed by atoms with Gasteiger partial charge in [-0.15, -0.1) is 0 Å². The van der Waals surface area contributed by atoms with Crippen LogP contribution in [0.1, 0.15) is 24.8 Å². The van der Waals surface area contributed by atoms with Crippen LogP contribution in [0.2, 0.25) is 0 Å².